The van der Waals surface area contributed by atoms with Crippen LogP contribution in [0.4, 0.5) is 9.18 Å². The predicted octanol–water partition coefficient (Wildman–Crippen LogP) is 1.90. The van der Waals surface area contributed by atoms with Gasteiger partial charge in [-0.3, -0.25) is 4.90 Å². The number of hydrogen-bond donors (Lipinski definition) is 0. The van der Waals surface area contributed by atoms with Crippen LogP contribution in [0.1, 0.15) is 33.6 Å². The zero-order valence-corrected chi connectivity index (χ0v) is 11.7. The number of alkyl halides is 1. The minimum absolute atomic E-state index is 0.242. The van der Waals surface area contributed by atoms with Crippen molar-refractivity contribution < 1.29 is 23.5 Å². The predicted molar refractivity (Wildman–Crippen MR) is 65.3 cm³/mol. The first-order chi connectivity index (χ1) is 8.76. The van der Waals surface area contributed by atoms with Gasteiger partial charge in [0.25, 0.3) is 0 Å². The van der Waals surface area contributed by atoms with Crippen LogP contribution in [-0.2, 0) is 14.3 Å². The first-order valence-electron chi connectivity index (χ1n) is 6.49. The fraction of sp³-hybridized carbons (Fsp3) is 0.846. The quantitative estimate of drug-likeness (QED) is 0.685. The Hall–Kier alpha value is -1.33. The first kappa shape index (κ1) is 14.1. The summed E-state index contributed by atoms with van der Waals surface area (Å²) in [5.74, 6) is -0.982. The minimum atomic E-state index is -1.36. The van der Waals surface area contributed by atoms with Gasteiger partial charge < -0.3 is 9.47 Å². The lowest BCUT2D eigenvalue weighted by Crippen LogP contribution is -2.50. The van der Waals surface area contributed by atoms with Crippen LogP contribution in [0.5, 0.6) is 0 Å². The summed E-state index contributed by atoms with van der Waals surface area (Å²) in [4.78, 5) is 25.1. The Balaban J connectivity index is 2.20. The molecule has 0 aromatic heterocycles. The molecule has 1 amide bonds. The summed E-state index contributed by atoms with van der Waals surface area (Å²) in [5, 5.41) is 0. The standard InChI is InChI=1S/C13H20FNO4/c1-13(2,3)19-12(17)15-8-6-5-7(8)9(14)10(15)11(16)18-4/h7-10H,5-6H2,1-4H3/t7-,8+,9+,10+/m0/s1. The second-order valence-electron chi connectivity index (χ2n) is 6.11. The van der Waals surface area contributed by atoms with Gasteiger partial charge in [-0.2, -0.15) is 0 Å². The Morgan fingerprint density at radius 2 is 1.89 bits per heavy atom. The average Bonchev–Trinajstić information content (AvgIpc) is 2.42. The fourth-order valence-corrected chi connectivity index (χ4v) is 2.75. The molecule has 2 rings (SSSR count). The number of likely N-dealkylation sites (tertiary alicyclic amines) is 1. The Kier molecular flexibility index (Phi) is 3.45. The third-order valence-corrected chi connectivity index (χ3v) is 3.70. The van der Waals surface area contributed by atoms with E-state index >= 15 is 0 Å². The van der Waals surface area contributed by atoms with Crippen LogP contribution in [0.15, 0.2) is 0 Å². The van der Waals surface area contributed by atoms with Crippen LogP contribution in [0.25, 0.3) is 0 Å². The van der Waals surface area contributed by atoms with Crippen molar-refractivity contribution in [2.24, 2.45) is 5.92 Å². The van der Waals surface area contributed by atoms with Crippen molar-refractivity contribution in [1.29, 1.82) is 0 Å². The van der Waals surface area contributed by atoms with Crippen LogP contribution < -0.4 is 0 Å². The van der Waals surface area contributed by atoms with Crippen molar-refractivity contribution in [2.75, 3.05) is 7.11 Å². The number of fused-ring (bicyclic) bond motifs is 1. The lowest BCUT2D eigenvalue weighted by atomic mass is 9.79. The Morgan fingerprint density at radius 3 is 2.32 bits per heavy atom. The van der Waals surface area contributed by atoms with E-state index in [1.807, 2.05) is 0 Å². The van der Waals surface area contributed by atoms with Gasteiger partial charge in [-0.25, -0.2) is 14.0 Å². The SMILES string of the molecule is COC(=O)[C@H]1[C@H](F)[C@H]2CC[C@H]2N1C(=O)OC(C)(C)C. The van der Waals surface area contributed by atoms with Crippen molar-refractivity contribution in [3.63, 3.8) is 0 Å². The summed E-state index contributed by atoms with van der Waals surface area (Å²) in [7, 11) is 1.20. The molecule has 0 aromatic carbocycles. The number of halogens is 1. The lowest BCUT2D eigenvalue weighted by molar-refractivity contribution is -0.147. The molecule has 2 aliphatic rings. The van der Waals surface area contributed by atoms with E-state index in [0.717, 1.165) is 0 Å². The van der Waals surface area contributed by atoms with Crippen molar-refractivity contribution in [1.82, 2.24) is 4.90 Å². The maximum atomic E-state index is 14.2. The molecule has 1 aliphatic heterocycles. The number of rotatable bonds is 1. The molecule has 19 heavy (non-hydrogen) atoms. The van der Waals surface area contributed by atoms with Gasteiger partial charge in [0, 0.05) is 12.0 Å². The van der Waals surface area contributed by atoms with Crippen LogP contribution in [0, 0.1) is 5.92 Å². The summed E-state index contributed by atoms with van der Waals surface area (Å²) in [6, 6.07) is -1.41. The van der Waals surface area contributed by atoms with Crippen molar-refractivity contribution in [2.45, 2.75) is 57.5 Å². The summed E-state index contributed by atoms with van der Waals surface area (Å²) in [5.41, 5.74) is -0.675. The molecule has 1 saturated heterocycles. The first-order valence-corrected chi connectivity index (χ1v) is 6.49. The highest BCUT2D eigenvalue weighted by Crippen LogP contribution is 2.46. The molecule has 1 heterocycles. The molecule has 1 saturated carbocycles. The van der Waals surface area contributed by atoms with E-state index in [1.165, 1.54) is 12.0 Å². The minimum Gasteiger partial charge on any atom is -0.467 e. The molecule has 0 aromatic rings. The van der Waals surface area contributed by atoms with Crippen LogP contribution in [0.3, 0.4) is 0 Å². The highest BCUT2D eigenvalue weighted by Gasteiger charge is 2.59. The van der Waals surface area contributed by atoms with E-state index in [9.17, 15) is 14.0 Å². The molecule has 5 nitrogen and oxygen atoms in total. The Labute approximate surface area is 112 Å². The van der Waals surface area contributed by atoms with Gasteiger partial charge in [-0.1, -0.05) is 0 Å². The van der Waals surface area contributed by atoms with E-state index in [-0.39, 0.29) is 12.0 Å². The van der Waals surface area contributed by atoms with Gasteiger partial charge in [0.15, 0.2) is 6.04 Å². The van der Waals surface area contributed by atoms with Gasteiger partial charge >= 0.3 is 12.1 Å². The molecule has 4 atom stereocenters. The van der Waals surface area contributed by atoms with E-state index in [0.29, 0.717) is 12.8 Å². The van der Waals surface area contributed by atoms with E-state index in [1.54, 1.807) is 20.8 Å². The average molecular weight is 273 g/mol. The number of esters is 1. The van der Waals surface area contributed by atoms with Crippen LogP contribution in [0.2, 0.25) is 0 Å². The smallest absolute Gasteiger partial charge is 0.411 e. The third kappa shape index (κ3) is 2.40. The van der Waals surface area contributed by atoms with Gasteiger partial charge in [-0.05, 0) is 33.6 Å². The normalized spacial score (nSPS) is 33.4. The van der Waals surface area contributed by atoms with Crippen molar-refractivity contribution >= 4 is 12.1 Å². The van der Waals surface area contributed by atoms with Gasteiger partial charge in [0.2, 0.25) is 0 Å². The summed E-state index contributed by atoms with van der Waals surface area (Å²) in [6.07, 6.45) is -0.604. The molecular formula is C13H20FNO4. The highest BCUT2D eigenvalue weighted by molar-refractivity contribution is 5.83. The molecule has 0 N–H and O–H groups in total. The Bertz CT molecular complexity index is 393. The lowest BCUT2D eigenvalue weighted by Gasteiger charge is -2.37. The van der Waals surface area contributed by atoms with Crippen molar-refractivity contribution in [3.05, 3.63) is 0 Å². The Morgan fingerprint density at radius 1 is 1.26 bits per heavy atom. The molecule has 6 heteroatoms. The van der Waals surface area contributed by atoms with Crippen LogP contribution >= 0.6 is 0 Å². The van der Waals surface area contributed by atoms with Gasteiger partial charge in [0.1, 0.15) is 11.8 Å². The molecule has 2 fully saturated rings. The number of hydrogen-bond acceptors (Lipinski definition) is 4. The topological polar surface area (TPSA) is 55.8 Å². The maximum absolute atomic E-state index is 14.2. The van der Waals surface area contributed by atoms with Crippen molar-refractivity contribution in [3.8, 4) is 0 Å². The molecule has 0 bridgehead atoms. The van der Waals surface area contributed by atoms with Gasteiger partial charge in [-0.15, -0.1) is 0 Å². The van der Waals surface area contributed by atoms with E-state index < -0.39 is 29.9 Å². The summed E-state index contributed by atoms with van der Waals surface area (Å²) in [6.45, 7) is 5.21. The highest BCUT2D eigenvalue weighted by atomic mass is 19.1. The molecule has 0 radical (unpaired) electrons. The van der Waals surface area contributed by atoms with E-state index in [4.69, 9.17) is 4.74 Å². The number of amides is 1. The number of methoxy groups -OCH3 is 1. The number of carbonyl (C=O) groups excluding carboxylic acids is 2. The number of nitrogens with zero attached hydrogens (tertiary/aromatic N) is 1. The van der Waals surface area contributed by atoms with E-state index in [2.05, 4.69) is 4.74 Å². The second-order valence-corrected chi connectivity index (χ2v) is 6.11. The maximum Gasteiger partial charge on any atom is 0.411 e. The summed E-state index contributed by atoms with van der Waals surface area (Å²) >= 11 is 0. The molecule has 0 spiro atoms. The molecular weight excluding hydrogens is 253 g/mol. The number of ether oxygens (including phenoxy) is 2. The number of carbonyl (C=O) groups is 2. The molecule has 1 aliphatic carbocycles. The largest absolute Gasteiger partial charge is 0.467 e. The monoisotopic (exact) mass is 273 g/mol. The second kappa shape index (κ2) is 4.65. The third-order valence-electron chi connectivity index (χ3n) is 3.70. The molecule has 108 valence electrons. The fourth-order valence-electron chi connectivity index (χ4n) is 2.75. The molecule has 0 unspecified atom stereocenters. The van der Waals surface area contributed by atoms with Crippen LogP contribution in [-0.4, -0.2) is 47.9 Å². The summed E-state index contributed by atoms with van der Waals surface area (Å²) < 4.78 is 24.1. The van der Waals surface area contributed by atoms with Gasteiger partial charge in [0.05, 0.1) is 7.11 Å². The zero-order valence-electron chi connectivity index (χ0n) is 11.7. The zero-order chi connectivity index (χ0) is 14.4.